The second-order valence-corrected chi connectivity index (χ2v) is 7.59. The Hall–Kier alpha value is -3.88. The predicted molar refractivity (Wildman–Crippen MR) is 125 cm³/mol. The first-order valence-electron chi connectivity index (χ1n) is 10.6. The molecule has 33 heavy (non-hydrogen) atoms. The van der Waals surface area contributed by atoms with Crippen LogP contribution in [0.2, 0.25) is 0 Å². The predicted octanol–water partition coefficient (Wildman–Crippen LogP) is 2.84. The van der Waals surface area contributed by atoms with Crippen LogP contribution in [-0.2, 0) is 24.3 Å². The number of nitrogens with two attached hydrogens (primary N) is 1. The molecule has 9 heteroatoms. The van der Waals surface area contributed by atoms with Crippen molar-refractivity contribution in [2.24, 2.45) is 0 Å². The number of H-pyrrole nitrogens is 1. The van der Waals surface area contributed by atoms with Crippen LogP contribution >= 0.6 is 0 Å². The Labute approximate surface area is 190 Å². The molecule has 0 atom stereocenters. The van der Waals surface area contributed by atoms with E-state index < -0.39 is 23.0 Å². The number of anilines is 2. The van der Waals surface area contributed by atoms with Crippen molar-refractivity contribution in [1.82, 2.24) is 9.55 Å². The summed E-state index contributed by atoms with van der Waals surface area (Å²) in [7, 11) is 1.51. The molecule has 0 aliphatic rings. The first-order valence-corrected chi connectivity index (χ1v) is 10.6. The Morgan fingerprint density at radius 3 is 2.52 bits per heavy atom. The highest BCUT2D eigenvalue weighted by Gasteiger charge is 2.25. The van der Waals surface area contributed by atoms with Crippen LogP contribution in [0.5, 0.6) is 5.75 Å². The SMILES string of the molecule is CCCCn1c(N)c(N(Cc2ccccc2OC)C(=O)Cc2ccc(F)cc2)c(=O)[nH]c1=O. The van der Waals surface area contributed by atoms with E-state index in [0.717, 1.165) is 6.42 Å². The zero-order chi connectivity index (χ0) is 24.0. The molecule has 0 saturated heterocycles. The van der Waals surface area contributed by atoms with Crippen LogP contribution in [0.3, 0.4) is 0 Å². The summed E-state index contributed by atoms with van der Waals surface area (Å²) in [6.07, 6.45) is 1.39. The van der Waals surface area contributed by atoms with Crippen molar-refractivity contribution < 1.29 is 13.9 Å². The Bertz CT molecular complexity index is 1230. The number of hydrogen-bond acceptors (Lipinski definition) is 5. The minimum absolute atomic E-state index is 0.0106. The lowest BCUT2D eigenvalue weighted by atomic mass is 10.1. The van der Waals surface area contributed by atoms with Gasteiger partial charge in [-0.1, -0.05) is 43.7 Å². The highest BCUT2D eigenvalue weighted by Crippen LogP contribution is 2.25. The lowest BCUT2D eigenvalue weighted by Crippen LogP contribution is -2.41. The van der Waals surface area contributed by atoms with Crippen molar-refractivity contribution >= 4 is 17.4 Å². The molecule has 0 fully saturated rings. The summed E-state index contributed by atoms with van der Waals surface area (Å²) in [6.45, 7) is 2.26. The zero-order valence-corrected chi connectivity index (χ0v) is 18.6. The highest BCUT2D eigenvalue weighted by atomic mass is 19.1. The minimum atomic E-state index is -0.757. The Balaban J connectivity index is 2.10. The topological polar surface area (TPSA) is 110 Å². The van der Waals surface area contributed by atoms with E-state index in [1.807, 2.05) is 6.92 Å². The van der Waals surface area contributed by atoms with Gasteiger partial charge in [-0.05, 0) is 30.2 Å². The van der Waals surface area contributed by atoms with E-state index in [1.54, 1.807) is 24.3 Å². The molecule has 1 heterocycles. The normalized spacial score (nSPS) is 10.8. The molecule has 3 rings (SSSR count). The third-order valence-corrected chi connectivity index (χ3v) is 5.31. The van der Waals surface area contributed by atoms with Gasteiger partial charge in [-0.25, -0.2) is 9.18 Å². The van der Waals surface area contributed by atoms with E-state index in [-0.39, 0.29) is 24.5 Å². The average Bonchev–Trinajstić information content (AvgIpc) is 2.80. The van der Waals surface area contributed by atoms with Gasteiger partial charge in [0, 0.05) is 12.1 Å². The fourth-order valence-electron chi connectivity index (χ4n) is 3.54. The largest absolute Gasteiger partial charge is 0.496 e. The van der Waals surface area contributed by atoms with Crippen LogP contribution in [0.25, 0.3) is 0 Å². The maximum atomic E-state index is 13.4. The van der Waals surface area contributed by atoms with E-state index in [1.165, 1.54) is 40.8 Å². The molecule has 3 aromatic rings. The summed E-state index contributed by atoms with van der Waals surface area (Å²) in [6, 6.07) is 12.6. The summed E-state index contributed by atoms with van der Waals surface area (Å²) in [5.41, 5.74) is 6.00. The quantitative estimate of drug-likeness (QED) is 0.517. The molecule has 2 aromatic carbocycles. The smallest absolute Gasteiger partial charge is 0.330 e. The first kappa shape index (κ1) is 23.8. The van der Waals surface area contributed by atoms with Gasteiger partial charge in [0.15, 0.2) is 5.69 Å². The summed E-state index contributed by atoms with van der Waals surface area (Å²) < 4.78 is 20.0. The molecule has 0 aliphatic heterocycles. The number of nitrogens with one attached hydrogen (secondary N) is 1. The summed E-state index contributed by atoms with van der Waals surface area (Å²) >= 11 is 0. The van der Waals surface area contributed by atoms with Gasteiger partial charge in [-0.2, -0.15) is 0 Å². The maximum absolute atomic E-state index is 13.4. The van der Waals surface area contributed by atoms with Crippen LogP contribution in [-0.4, -0.2) is 22.6 Å². The molecule has 0 spiro atoms. The Morgan fingerprint density at radius 1 is 1.15 bits per heavy atom. The number of nitrogens with zero attached hydrogens (tertiary/aromatic N) is 2. The van der Waals surface area contributed by atoms with Gasteiger partial charge in [0.1, 0.15) is 17.4 Å². The highest BCUT2D eigenvalue weighted by molar-refractivity contribution is 5.96. The Kier molecular flexibility index (Phi) is 7.66. The standard InChI is InChI=1S/C24H27FN4O4/c1-3-4-13-28-22(26)21(23(31)27-24(28)32)29(15-17-7-5-6-8-19(17)33-2)20(30)14-16-9-11-18(25)12-10-16/h5-12H,3-4,13-15,26H2,1-2H3,(H,27,31,32). The minimum Gasteiger partial charge on any atom is -0.496 e. The van der Waals surface area contributed by atoms with Crippen LogP contribution in [0.1, 0.15) is 30.9 Å². The molecule has 0 aliphatic carbocycles. The molecule has 0 radical (unpaired) electrons. The van der Waals surface area contributed by atoms with Crippen molar-refractivity contribution in [1.29, 1.82) is 0 Å². The van der Waals surface area contributed by atoms with Gasteiger partial charge < -0.3 is 10.5 Å². The molecule has 1 aromatic heterocycles. The number of halogens is 1. The number of methoxy groups -OCH3 is 1. The van der Waals surface area contributed by atoms with Crippen molar-refractivity contribution in [2.75, 3.05) is 17.7 Å². The third kappa shape index (κ3) is 5.49. The van der Waals surface area contributed by atoms with Crippen LogP contribution in [0.15, 0.2) is 58.1 Å². The number of nitrogen functional groups attached to an aromatic ring is 1. The number of para-hydroxylation sites is 1. The van der Waals surface area contributed by atoms with Gasteiger partial charge in [0.25, 0.3) is 5.56 Å². The van der Waals surface area contributed by atoms with Gasteiger partial charge in [0.05, 0.1) is 20.1 Å². The number of carbonyl (C=O) groups is 1. The second kappa shape index (κ2) is 10.6. The summed E-state index contributed by atoms with van der Waals surface area (Å²) in [5, 5.41) is 0. The van der Waals surface area contributed by atoms with Crippen LogP contribution in [0, 0.1) is 5.82 Å². The number of hydrogen-bond donors (Lipinski definition) is 2. The van der Waals surface area contributed by atoms with Gasteiger partial charge in [0.2, 0.25) is 5.91 Å². The fourth-order valence-corrected chi connectivity index (χ4v) is 3.54. The summed E-state index contributed by atoms with van der Waals surface area (Å²) in [5.74, 6) is -0.405. The first-order chi connectivity index (χ1) is 15.8. The van der Waals surface area contributed by atoms with Crippen molar-refractivity contribution in [3.05, 3.63) is 86.3 Å². The maximum Gasteiger partial charge on any atom is 0.330 e. The second-order valence-electron chi connectivity index (χ2n) is 7.59. The molecule has 0 unspecified atom stereocenters. The van der Waals surface area contributed by atoms with Crippen LogP contribution in [0.4, 0.5) is 15.9 Å². The number of rotatable bonds is 9. The number of aromatic amines is 1. The van der Waals surface area contributed by atoms with Crippen LogP contribution < -0.4 is 26.6 Å². The fraction of sp³-hybridized carbons (Fsp3) is 0.292. The van der Waals surface area contributed by atoms with E-state index in [2.05, 4.69) is 4.98 Å². The molecule has 0 saturated carbocycles. The molecule has 0 bridgehead atoms. The molecule has 1 amide bonds. The Morgan fingerprint density at radius 2 is 1.85 bits per heavy atom. The van der Waals surface area contributed by atoms with Crippen molar-refractivity contribution in [2.45, 2.75) is 39.3 Å². The number of aromatic nitrogens is 2. The van der Waals surface area contributed by atoms with Crippen molar-refractivity contribution in [3.8, 4) is 5.75 Å². The number of ether oxygens (including phenoxy) is 1. The molecule has 3 N–H and O–H groups in total. The molecule has 174 valence electrons. The van der Waals surface area contributed by atoms with Gasteiger partial charge in [-0.3, -0.25) is 24.0 Å². The lowest BCUT2D eigenvalue weighted by Gasteiger charge is -2.25. The van der Waals surface area contributed by atoms with Gasteiger partial charge in [-0.15, -0.1) is 0 Å². The summed E-state index contributed by atoms with van der Waals surface area (Å²) in [4.78, 5) is 42.1. The monoisotopic (exact) mass is 454 g/mol. The van der Waals surface area contributed by atoms with E-state index in [9.17, 15) is 18.8 Å². The van der Waals surface area contributed by atoms with E-state index in [0.29, 0.717) is 29.8 Å². The van der Waals surface area contributed by atoms with E-state index in [4.69, 9.17) is 10.5 Å². The average molecular weight is 455 g/mol. The number of amides is 1. The number of benzene rings is 2. The van der Waals surface area contributed by atoms with Gasteiger partial charge >= 0.3 is 5.69 Å². The molecular formula is C24H27FN4O4. The van der Waals surface area contributed by atoms with Crippen molar-refractivity contribution in [3.63, 3.8) is 0 Å². The number of carbonyl (C=O) groups excluding carboxylic acids is 1. The third-order valence-electron chi connectivity index (χ3n) is 5.31. The van der Waals surface area contributed by atoms with E-state index >= 15 is 0 Å². The molecular weight excluding hydrogens is 427 g/mol. The zero-order valence-electron chi connectivity index (χ0n) is 18.6. The lowest BCUT2D eigenvalue weighted by molar-refractivity contribution is -0.118. The number of unbranched alkanes of at least 4 members (excludes halogenated alkanes) is 1. The molecule has 8 nitrogen and oxygen atoms in total.